The summed E-state index contributed by atoms with van der Waals surface area (Å²) in [6.07, 6.45) is 4.72. The van der Waals surface area contributed by atoms with Gasteiger partial charge in [-0.25, -0.2) is 14.6 Å². The summed E-state index contributed by atoms with van der Waals surface area (Å²) in [5, 5.41) is 9.70. The first-order valence-corrected chi connectivity index (χ1v) is 4.96. The summed E-state index contributed by atoms with van der Waals surface area (Å²) in [6.45, 7) is 0. The largest absolute Gasteiger partial charge is 0.429 e. The topological polar surface area (TPSA) is 161 Å². The first kappa shape index (κ1) is 19.3. The molecule has 0 saturated carbocycles. The Hall–Kier alpha value is -1.05. The fourth-order valence-electron chi connectivity index (χ4n) is 1.09. The molecular formula is C5H10N6NaO5S. The number of hydrazine groups is 1. The molecule has 0 bridgehead atoms. The molecule has 0 spiro atoms. The second-order valence-electron chi connectivity index (χ2n) is 2.51. The van der Waals surface area contributed by atoms with Crippen LogP contribution in [-0.4, -0.2) is 70.7 Å². The summed E-state index contributed by atoms with van der Waals surface area (Å²) in [5.41, 5.74) is 1.76. The molecule has 1 aliphatic rings. The zero-order chi connectivity index (χ0) is 11.0. The minimum Gasteiger partial charge on any atom is -0.412 e. The fraction of sp³-hybridized carbons (Fsp3) is 0.200. The SMILES string of the molecule is CSN1C=Cn2c(nc(=O)n2[N+](=O)[O-])N1.O.O.[Na]. The molecule has 13 heteroatoms. The molecule has 0 saturated heterocycles. The van der Waals surface area contributed by atoms with Crippen LogP contribution in [0.2, 0.25) is 0 Å². The second-order valence-corrected chi connectivity index (χ2v) is 3.27. The maximum absolute atomic E-state index is 11.1. The summed E-state index contributed by atoms with van der Waals surface area (Å²) in [6, 6.07) is 0. The predicted octanol–water partition coefficient (Wildman–Crippen LogP) is -2.60. The van der Waals surface area contributed by atoms with Gasteiger partial charge in [0.15, 0.2) is 0 Å². The first-order valence-electron chi connectivity index (χ1n) is 3.78. The van der Waals surface area contributed by atoms with Crippen molar-refractivity contribution in [3.63, 3.8) is 0 Å². The van der Waals surface area contributed by atoms with E-state index >= 15 is 0 Å². The van der Waals surface area contributed by atoms with Gasteiger partial charge < -0.3 is 21.1 Å². The van der Waals surface area contributed by atoms with Crippen molar-refractivity contribution in [3.05, 3.63) is 26.8 Å². The Morgan fingerprint density at radius 1 is 1.44 bits per heavy atom. The molecule has 5 N–H and O–H groups in total. The van der Waals surface area contributed by atoms with Gasteiger partial charge in [-0.1, -0.05) is 4.68 Å². The third-order valence-electron chi connectivity index (χ3n) is 1.70. The quantitative estimate of drug-likeness (QED) is 0.270. The molecule has 2 heterocycles. The standard InChI is InChI=1S/C5H6N6O3S.Na.2H2O/c1-15-9-3-2-8-4(7-9)6-5(12)10(8)11(13)14;;;/h2-3H,1H3,(H,6,7,12);;2*1H2. The van der Waals surface area contributed by atoms with Gasteiger partial charge in [-0.15, -0.1) is 4.98 Å². The third-order valence-corrected chi connectivity index (χ3v) is 2.30. The minimum atomic E-state index is -0.935. The van der Waals surface area contributed by atoms with Crippen LogP contribution in [-0.2, 0) is 0 Å². The normalized spacial score (nSPS) is 11.3. The molecule has 2 rings (SSSR count). The average Bonchev–Trinajstić information content (AvgIpc) is 2.52. The molecule has 0 fully saturated rings. The van der Waals surface area contributed by atoms with Gasteiger partial charge in [0.25, 0.3) is 0 Å². The fourth-order valence-corrected chi connectivity index (χ4v) is 1.44. The van der Waals surface area contributed by atoms with Crippen LogP contribution in [0.5, 0.6) is 0 Å². The van der Waals surface area contributed by atoms with E-state index in [1.54, 1.807) is 16.9 Å². The van der Waals surface area contributed by atoms with E-state index in [2.05, 4.69) is 10.4 Å². The van der Waals surface area contributed by atoms with E-state index in [0.29, 0.717) is 4.79 Å². The van der Waals surface area contributed by atoms with Gasteiger partial charge in [-0.05, 0) is 11.9 Å². The smallest absolute Gasteiger partial charge is 0.412 e. The van der Waals surface area contributed by atoms with Gasteiger partial charge >= 0.3 is 11.6 Å². The van der Waals surface area contributed by atoms with Crippen LogP contribution in [0.1, 0.15) is 0 Å². The number of hydrogen-bond acceptors (Lipinski definition) is 7. The molecule has 0 aromatic carbocycles. The van der Waals surface area contributed by atoms with E-state index in [9.17, 15) is 14.9 Å². The minimum absolute atomic E-state index is 0. The van der Waals surface area contributed by atoms with Gasteiger partial charge in [0.1, 0.15) is 6.20 Å². The maximum atomic E-state index is 11.1. The Morgan fingerprint density at radius 2 is 2.06 bits per heavy atom. The predicted molar refractivity (Wildman–Crippen MR) is 66.2 cm³/mol. The molecule has 1 radical (unpaired) electrons. The van der Waals surface area contributed by atoms with Crippen LogP contribution in [0.25, 0.3) is 6.20 Å². The molecule has 18 heavy (non-hydrogen) atoms. The van der Waals surface area contributed by atoms with Crippen molar-refractivity contribution in [2.75, 3.05) is 11.7 Å². The second kappa shape index (κ2) is 7.40. The summed E-state index contributed by atoms with van der Waals surface area (Å²) >= 11 is 1.33. The molecule has 97 valence electrons. The molecule has 1 aromatic heterocycles. The number of nitrogens with one attached hydrogen (secondary N) is 1. The van der Waals surface area contributed by atoms with Crippen LogP contribution >= 0.6 is 11.9 Å². The number of hydrogen-bond donors (Lipinski definition) is 1. The zero-order valence-corrected chi connectivity index (χ0v) is 12.3. The summed E-state index contributed by atoms with van der Waals surface area (Å²) in [4.78, 5) is 25.5. The Labute approximate surface area is 127 Å². The number of nitro groups is 1. The van der Waals surface area contributed by atoms with E-state index in [1.165, 1.54) is 18.1 Å². The van der Waals surface area contributed by atoms with Gasteiger partial charge in [0.05, 0.1) is 16.0 Å². The molecule has 0 unspecified atom stereocenters. The Bertz CT molecular complexity index is 499. The van der Waals surface area contributed by atoms with Crippen LogP contribution in [0, 0.1) is 10.1 Å². The third kappa shape index (κ3) is 3.24. The Morgan fingerprint density at radius 3 is 2.56 bits per heavy atom. The van der Waals surface area contributed by atoms with E-state index in [-0.39, 0.29) is 46.5 Å². The maximum Gasteiger partial charge on any atom is 0.429 e. The van der Waals surface area contributed by atoms with Crippen molar-refractivity contribution >= 4 is 53.7 Å². The van der Waals surface area contributed by atoms with Gasteiger partial charge in [-0.3, -0.25) is 0 Å². The van der Waals surface area contributed by atoms with E-state index < -0.39 is 10.7 Å². The average molecular weight is 289 g/mol. The number of fused-ring (bicyclic) bond motifs is 1. The van der Waals surface area contributed by atoms with E-state index in [1.807, 2.05) is 0 Å². The summed E-state index contributed by atoms with van der Waals surface area (Å²) < 4.78 is 2.58. The molecular weight excluding hydrogens is 279 g/mol. The van der Waals surface area contributed by atoms with Crippen molar-refractivity contribution < 1.29 is 16.0 Å². The Balaban J connectivity index is 0. The Kier molecular flexibility index (Phi) is 7.93. The van der Waals surface area contributed by atoms with Crippen LogP contribution in [0.15, 0.2) is 11.0 Å². The summed E-state index contributed by atoms with van der Waals surface area (Å²) in [5.74, 6) is 0.105. The van der Waals surface area contributed by atoms with Crippen molar-refractivity contribution in [1.29, 1.82) is 0 Å². The van der Waals surface area contributed by atoms with Gasteiger partial charge in [0, 0.05) is 35.8 Å². The van der Waals surface area contributed by atoms with Crippen molar-refractivity contribution in [2.24, 2.45) is 0 Å². The van der Waals surface area contributed by atoms with Crippen molar-refractivity contribution in [3.8, 4) is 0 Å². The molecule has 1 aromatic rings. The van der Waals surface area contributed by atoms with Crippen molar-refractivity contribution in [1.82, 2.24) is 18.9 Å². The molecule has 1 aliphatic heterocycles. The van der Waals surface area contributed by atoms with Crippen LogP contribution in [0.3, 0.4) is 0 Å². The molecule has 0 amide bonds. The van der Waals surface area contributed by atoms with Gasteiger partial charge in [-0.2, -0.15) is 0 Å². The summed E-state index contributed by atoms with van der Waals surface area (Å²) in [7, 11) is 0. The van der Waals surface area contributed by atoms with Crippen LogP contribution < -0.4 is 11.1 Å². The first-order chi connectivity index (χ1) is 7.13. The number of rotatable bonds is 2. The van der Waals surface area contributed by atoms with E-state index in [0.717, 1.165) is 4.68 Å². The molecule has 0 atom stereocenters. The van der Waals surface area contributed by atoms with E-state index in [4.69, 9.17) is 0 Å². The monoisotopic (exact) mass is 289 g/mol. The van der Waals surface area contributed by atoms with Crippen molar-refractivity contribution in [2.45, 2.75) is 0 Å². The van der Waals surface area contributed by atoms with Gasteiger partial charge in [0.2, 0.25) is 0 Å². The van der Waals surface area contributed by atoms with Crippen LogP contribution in [0.4, 0.5) is 5.95 Å². The molecule has 11 nitrogen and oxygen atoms in total. The number of nitrogens with zero attached hydrogens (tertiary/aromatic N) is 5. The molecule has 0 aliphatic carbocycles. The number of anilines is 1. The zero-order valence-electron chi connectivity index (χ0n) is 9.52. The number of aromatic nitrogens is 3.